The molecule has 0 aliphatic carbocycles. The van der Waals surface area contributed by atoms with Crippen molar-refractivity contribution in [1.82, 2.24) is 15.0 Å². The summed E-state index contributed by atoms with van der Waals surface area (Å²) in [5.41, 5.74) is 1.34. The molecule has 0 saturated heterocycles. The number of fused-ring (bicyclic) bond motifs is 1. The van der Waals surface area contributed by atoms with Crippen LogP contribution in [0.3, 0.4) is 0 Å². The lowest BCUT2D eigenvalue weighted by Gasteiger charge is -2.20. The molecule has 12 heteroatoms. The van der Waals surface area contributed by atoms with Crippen LogP contribution in [-0.4, -0.2) is 54.5 Å². The molecule has 4 rings (SSSR count). The second-order valence-corrected chi connectivity index (χ2v) is 8.39. The molecular formula is C22H20ClF3N4O3S. The van der Waals surface area contributed by atoms with Crippen LogP contribution in [0.5, 0.6) is 5.75 Å². The summed E-state index contributed by atoms with van der Waals surface area (Å²) in [5, 5.41) is 4.26. The minimum Gasteiger partial charge on any atom is -0.406 e. The average molecular weight is 513 g/mol. The van der Waals surface area contributed by atoms with Gasteiger partial charge in [-0.15, -0.1) is 25.6 Å². The second kappa shape index (κ2) is 10.4. The third-order valence-corrected chi connectivity index (χ3v) is 5.66. The zero-order valence-electron chi connectivity index (χ0n) is 18.1. The van der Waals surface area contributed by atoms with Crippen LogP contribution in [0.1, 0.15) is 10.5 Å². The van der Waals surface area contributed by atoms with Crippen LogP contribution in [0, 0.1) is 0 Å². The molecule has 0 N–H and O–H groups in total. The lowest BCUT2D eigenvalue weighted by Crippen LogP contribution is -2.36. The molecule has 0 aliphatic rings. The number of rotatable bonds is 7. The predicted octanol–water partition coefficient (Wildman–Crippen LogP) is 5.48. The number of carbonyl (C=O) groups excluding carboxylic acids is 1. The molecule has 7 nitrogen and oxygen atoms in total. The molecule has 0 spiro atoms. The summed E-state index contributed by atoms with van der Waals surface area (Å²) in [4.78, 5) is 21.1. The first-order valence-corrected chi connectivity index (χ1v) is 10.7. The van der Waals surface area contributed by atoms with Crippen molar-refractivity contribution >= 4 is 45.0 Å². The number of likely N-dealkylation sites (N-methyl/N-ethyl adjacent to an activating group) is 1. The van der Waals surface area contributed by atoms with Gasteiger partial charge in [0.2, 0.25) is 0 Å². The van der Waals surface area contributed by atoms with Gasteiger partial charge in [-0.25, -0.2) is 4.98 Å². The van der Waals surface area contributed by atoms with Crippen molar-refractivity contribution in [3.63, 3.8) is 0 Å². The fourth-order valence-electron chi connectivity index (χ4n) is 3.04. The minimum absolute atomic E-state index is 0. The number of alkyl halides is 3. The van der Waals surface area contributed by atoms with Crippen LogP contribution >= 0.6 is 23.7 Å². The SMILES string of the molecule is CN(C)CCN(C(=O)c1cc(-c2ccccc2)on1)c1nc2ccc(OC(F)(F)F)cc2s1.Cl. The number of anilines is 1. The van der Waals surface area contributed by atoms with Crippen LogP contribution in [-0.2, 0) is 0 Å². The van der Waals surface area contributed by atoms with E-state index in [1.165, 1.54) is 23.1 Å². The van der Waals surface area contributed by atoms with Gasteiger partial charge in [-0.2, -0.15) is 0 Å². The van der Waals surface area contributed by atoms with E-state index in [1.54, 1.807) is 6.07 Å². The summed E-state index contributed by atoms with van der Waals surface area (Å²) in [5.74, 6) is -0.321. The zero-order valence-corrected chi connectivity index (χ0v) is 19.7. The highest BCUT2D eigenvalue weighted by Crippen LogP contribution is 2.34. The number of hydrogen-bond acceptors (Lipinski definition) is 7. The molecule has 0 fully saturated rings. The number of halogens is 4. The van der Waals surface area contributed by atoms with Crippen LogP contribution in [0.4, 0.5) is 18.3 Å². The Balaban J connectivity index is 0.00000324. The third kappa shape index (κ3) is 6.04. The molecule has 0 saturated carbocycles. The van der Waals surface area contributed by atoms with Gasteiger partial charge in [-0.05, 0) is 26.2 Å². The Kier molecular flexibility index (Phi) is 7.80. The first kappa shape index (κ1) is 25.5. The van der Waals surface area contributed by atoms with Gasteiger partial charge in [0.05, 0.1) is 10.2 Å². The maximum Gasteiger partial charge on any atom is 0.573 e. The van der Waals surface area contributed by atoms with Gasteiger partial charge in [0.15, 0.2) is 16.6 Å². The quantitative estimate of drug-likeness (QED) is 0.326. The van der Waals surface area contributed by atoms with Gasteiger partial charge in [-0.3, -0.25) is 9.69 Å². The Hall–Kier alpha value is -3.15. The number of thiazole rings is 1. The standard InChI is InChI=1S/C22H19F3N4O3S.ClH/c1-28(2)10-11-29(20(30)17-13-18(32-27-17)14-6-4-3-5-7-14)21-26-16-9-8-15(12-19(16)33-21)31-22(23,24)25;/h3-9,12-13H,10-11H2,1-2H3;1H. The molecule has 180 valence electrons. The highest BCUT2D eigenvalue weighted by Gasteiger charge is 2.31. The van der Waals surface area contributed by atoms with E-state index in [9.17, 15) is 18.0 Å². The van der Waals surface area contributed by atoms with Crippen molar-refractivity contribution in [2.45, 2.75) is 6.36 Å². The number of nitrogens with zero attached hydrogens (tertiary/aromatic N) is 4. The van der Waals surface area contributed by atoms with Crippen molar-refractivity contribution in [3.8, 4) is 17.1 Å². The largest absolute Gasteiger partial charge is 0.573 e. The summed E-state index contributed by atoms with van der Waals surface area (Å²) in [6.45, 7) is 0.832. The van der Waals surface area contributed by atoms with Crippen molar-refractivity contribution in [3.05, 3.63) is 60.3 Å². The summed E-state index contributed by atoms with van der Waals surface area (Å²) in [6, 6.07) is 14.7. The number of aromatic nitrogens is 2. The van der Waals surface area contributed by atoms with Crippen molar-refractivity contribution in [2.75, 3.05) is 32.1 Å². The van der Waals surface area contributed by atoms with Crippen LogP contribution in [0.15, 0.2) is 59.1 Å². The molecule has 0 radical (unpaired) electrons. The van der Waals surface area contributed by atoms with Gasteiger partial charge in [0, 0.05) is 30.8 Å². The minimum atomic E-state index is -4.79. The van der Waals surface area contributed by atoms with Crippen molar-refractivity contribution in [2.24, 2.45) is 0 Å². The summed E-state index contributed by atoms with van der Waals surface area (Å²) < 4.78 is 47.5. The van der Waals surface area contributed by atoms with Crippen molar-refractivity contribution in [1.29, 1.82) is 0 Å². The van der Waals surface area contributed by atoms with Crippen LogP contribution in [0.2, 0.25) is 0 Å². The zero-order chi connectivity index (χ0) is 23.6. The normalized spacial score (nSPS) is 11.5. The lowest BCUT2D eigenvalue weighted by molar-refractivity contribution is -0.274. The Labute approximate surface area is 203 Å². The Bertz CT molecular complexity index is 1260. The molecule has 2 heterocycles. The smallest absolute Gasteiger partial charge is 0.406 e. The number of amides is 1. The van der Waals surface area contributed by atoms with E-state index in [4.69, 9.17) is 4.52 Å². The van der Waals surface area contributed by atoms with E-state index in [0.29, 0.717) is 34.2 Å². The molecule has 2 aromatic carbocycles. The first-order chi connectivity index (χ1) is 15.7. The molecule has 4 aromatic rings. The van der Waals surface area contributed by atoms with Gasteiger partial charge >= 0.3 is 6.36 Å². The van der Waals surface area contributed by atoms with E-state index in [-0.39, 0.29) is 23.9 Å². The highest BCUT2D eigenvalue weighted by molar-refractivity contribution is 7.22. The van der Waals surface area contributed by atoms with Crippen LogP contribution < -0.4 is 9.64 Å². The van der Waals surface area contributed by atoms with E-state index in [2.05, 4.69) is 14.9 Å². The number of hydrogen-bond donors (Lipinski definition) is 0. The monoisotopic (exact) mass is 512 g/mol. The van der Waals surface area contributed by atoms with E-state index in [0.717, 1.165) is 16.9 Å². The van der Waals surface area contributed by atoms with Crippen molar-refractivity contribution < 1.29 is 27.2 Å². The van der Waals surface area contributed by atoms with E-state index < -0.39 is 12.3 Å². The Morgan fingerprint density at radius 3 is 2.50 bits per heavy atom. The molecule has 2 aromatic heterocycles. The number of ether oxygens (including phenoxy) is 1. The molecule has 0 atom stereocenters. The summed E-state index contributed by atoms with van der Waals surface area (Å²) >= 11 is 1.09. The topological polar surface area (TPSA) is 71.7 Å². The van der Waals surface area contributed by atoms with Gasteiger partial charge < -0.3 is 14.2 Å². The average Bonchev–Trinajstić information content (AvgIpc) is 3.40. The molecule has 34 heavy (non-hydrogen) atoms. The third-order valence-electron chi connectivity index (χ3n) is 4.62. The predicted molar refractivity (Wildman–Crippen MR) is 126 cm³/mol. The molecular weight excluding hydrogens is 493 g/mol. The second-order valence-electron chi connectivity index (χ2n) is 7.38. The highest BCUT2D eigenvalue weighted by atomic mass is 35.5. The van der Waals surface area contributed by atoms with Gasteiger partial charge in [0.25, 0.3) is 5.91 Å². The summed E-state index contributed by atoms with van der Waals surface area (Å²) in [7, 11) is 3.73. The fraction of sp³-hybridized carbons (Fsp3) is 0.227. The Morgan fingerprint density at radius 2 is 1.82 bits per heavy atom. The van der Waals surface area contributed by atoms with Gasteiger partial charge in [0.1, 0.15) is 5.75 Å². The molecule has 0 aliphatic heterocycles. The maximum atomic E-state index is 13.3. The molecule has 0 unspecified atom stereocenters. The Morgan fingerprint density at radius 1 is 1.09 bits per heavy atom. The maximum absolute atomic E-state index is 13.3. The number of benzene rings is 2. The van der Waals surface area contributed by atoms with Crippen LogP contribution in [0.25, 0.3) is 21.5 Å². The molecule has 1 amide bonds. The van der Waals surface area contributed by atoms with E-state index in [1.807, 2.05) is 49.3 Å². The van der Waals surface area contributed by atoms with Gasteiger partial charge in [-0.1, -0.05) is 46.8 Å². The molecule has 0 bridgehead atoms. The lowest BCUT2D eigenvalue weighted by atomic mass is 10.1. The number of carbonyl (C=O) groups is 1. The fourth-order valence-corrected chi connectivity index (χ4v) is 4.06. The summed E-state index contributed by atoms with van der Waals surface area (Å²) in [6.07, 6.45) is -4.79. The van der Waals surface area contributed by atoms with E-state index >= 15 is 0 Å². The first-order valence-electron chi connectivity index (χ1n) is 9.85.